The zero-order valence-electron chi connectivity index (χ0n) is 14.7. The van der Waals surface area contributed by atoms with E-state index >= 15 is 0 Å². The summed E-state index contributed by atoms with van der Waals surface area (Å²) < 4.78 is 0. The van der Waals surface area contributed by atoms with Crippen molar-refractivity contribution in [3.05, 3.63) is 58.8 Å². The van der Waals surface area contributed by atoms with E-state index in [-0.39, 0.29) is 5.91 Å². The van der Waals surface area contributed by atoms with Crippen LogP contribution in [-0.4, -0.2) is 42.0 Å². The molecule has 0 saturated carbocycles. The quantitative estimate of drug-likeness (QED) is 0.870. The fourth-order valence-corrected chi connectivity index (χ4v) is 3.25. The summed E-state index contributed by atoms with van der Waals surface area (Å²) >= 11 is 0. The summed E-state index contributed by atoms with van der Waals surface area (Å²) in [4.78, 5) is 21.6. The zero-order chi connectivity index (χ0) is 17.1. The van der Waals surface area contributed by atoms with Crippen LogP contribution >= 0.6 is 0 Å². The van der Waals surface area contributed by atoms with Gasteiger partial charge in [0.25, 0.3) is 5.91 Å². The second kappa shape index (κ2) is 7.04. The number of nitrogens with zero attached hydrogens (tertiary/aromatic N) is 3. The Labute approximate surface area is 144 Å². The number of hydrogen-bond donors (Lipinski definition) is 0. The van der Waals surface area contributed by atoms with E-state index in [0.29, 0.717) is 0 Å². The van der Waals surface area contributed by atoms with Crippen LogP contribution in [0.1, 0.15) is 34.0 Å². The van der Waals surface area contributed by atoms with Gasteiger partial charge in [-0.15, -0.1) is 0 Å². The van der Waals surface area contributed by atoms with E-state index in [1.807, 2.05) is 42.3 Å². The first kappa shape index (κ1) is 16.5. The smallest absolute Gasteiger partial charge is 0.254 e. The molecule has 0 spiro atoms. The normalized spacial score (nSPS) is 14.8. The van der Waals surface area contributed by atoms with Gasteiger partial charge in [-0.2, -0.15) is 0 Å². The van der Waals surface area contributed by atoms with E-state index in [1.54, 1.807) is 0 Å². The Hall–Kier alpha value is -2.36. The van der Waals surface area contributed by atoms with E-state index in [2.05, 4.69) is 29.8 Å². The fourth-order valence-electron chi connectivity index (χ4n) is 3.25. The molecule has 2 heterocycles. The predicted molar refractivity (Wildman–Crippen MR) is 97.6 cm³/mol. The first-order valence-electron chi connectivity index (χ1n) is 8.65. The van der Waals surface area contributed by atoms with Gasteiger partial charge in [-0.1, -0.05) is 31.2 Å². The number of piperazine rings is 1. The topological polar surface area (TPSA) is 36.4 Å². The van der Waals surface area contributed by atoms with Crippen molar-refractivity contribution < 1.29 is 4.79 Å². The molecule has 0 atom stereocenters. The number of hydrogen-bond acceptors (Lipinski definition) is 3. The molecule has 1 saturated heterocycles. The molecule has 0 bridgehead atoms. The summed E-state index contributed by atoms with van der Waals surface area (Å²) in [6.07, 6.45) is 2.97. The van der Waals surface area contributed by atoms with Crippen molar-refractivity contribution in [1.82, 2.24) is 9.88 Å². The van der Waals surface area contributed by atoms with Crippen LogP contribution in [0.4, 0.5) is 5.82 Å². The van der Waals surface area contributed by atoms with Crippen molar-refractivity contribution in [2.24, 2.45) is 0 Å². The molecule has 0 aliphatic carbocycles. The standard InChI is InChI=1S/C20H25N3O/c1-4-17-13-16(3)19(21-14-17)22-9-11-23(12-10-22)20(24)18-8-6-5-7-15(18)2/h5-8,13-14H,4,9-12H2,1-3H3. The Morgan fingerprint density at radius 3 is 2.42 bits per heavy atom. The highest BCUT2D eigenvalue weighted by atomic mass is 16.2. The molecule has 0 N–H and O–H groups in total. The molecule has 126 valence electrons. The molecule has 1 aliphatic rings. The fraction of sp³-hybridized carbons (Fsp3) is 0.400. The maximum absolute atomic E-state index is 12.7. The first-order chi connectivity index (χ1) is 11.6. The molecule has 4 nitrogen and oxygen atoms in total. The molecular formula is C20H25N3O. The predicted octanol–water partition coefficient (Wildman–Crippen LogP) is 3.22. The van der Waals surface area contributed by atoms with Crippen molar-refractivity contribution >= 4 is 11.7 Å². The summed E-state index contributed by atoms with van der Waals surface area (Å²) in [6, 6.07) is 10.0. The average Bonchev–Trinajstić information content (AvgIpc) is 2.61. The average molecular weight is 323 g/mol. The molecule has 1 fully saturated rings. The number of anilines is 1. The lowest BCUT2D eigenvalue weighted by atomic mass is 10.1. The van der Waals surface area contributed by atoms with Crippen LogP contribution in [0.15, 0.2) is 36.5 Å². The third kappa shape index (κ3) is 3.28. The minimum atomic E-state index is 0.138. The van der Waals surface area contributed by atoms with E-state index in [1.165, 1.54) is 11.1 Å². The summed E-state index contributed by atoms with van der Waals surface area (Å²) in [5.41, 5.74) is 4.34. The van der Waals surface area contributed by atoms with Crippen molar-refractivity contribution in [2.75, 3.05) is 31.1 Å². The first-order valence-corrected chi connectivity index (χ1v) is 8.65. The summed E-state index contributed by atoms with van der Waals surface area (Å²) in [5, 5.41) is 0. The number of pyridine rings is 1. The third-order valence-electron chi connectivity index (χ3n) is 4.76. The number of rotatable bonds is 3. The Kier molecular flexibility index (Phi) is 4.84. The van der Waals surface area contributed by atoms with Crippen molar-refractivity contribution in [2.45, 2.75) is 27.2 Å². The Bertz CT molecular complexity index is 733. The van der Waals surface area contributed by atoms with Crippen LogP contribution in [0, 0.1) is 13.8 Å². The van der Waals surface area contributed by atoms with E-state index in [0.717, 1.165) is 49.5 Å². The van der Waals surface area contributed by atoms with Crippen molar-refractivity contribution in [3.8, 4) is 0 Å². The van der Waals surface area contributed by atoms with Gasteiger partial charge in [0, 0.05) is 37.9 Å². The molecule has 1 amide bonds. The monoisotopic (exact) mass is 323 g/mol. The molecule has 1 aromatic carbocycles. The molecule has 4 heteroatoms. The maximum Gasteiger partial charge on any atom is 0.254 e. The summed E-state index contributed by atoms with van der Waals surface area (Å²) in [7, 11) is 0. The SMILES string of the molecule is CCc1cnc(N2CCN(C(=O)c3ccccc3C)CC2)c(C)c1. The Morgan fingerprint density at radius 1 is 1.08 bits per heavy atom. The van der Waals surface area contributed by atoms with Crippen LogP contribution in [-0.2, 0) is 6.42 Å². The number of aryl methyl sites for hydroxylation is 3. The van der Waals surface area contributed by atoms with Gasteiger partial charge >= 0.3 is 0 Å². The molecule has 1 aliphatic heterocycles. The van der Waals surface area contributed by atoms with Crippen LogP contribution in [0.3, 0.4) is 0 Å². The number of carbonyl (C=O) groups excluding carboxylic acids is 1. The van der Waals surface area contributed by atoms with Crippen LogP contribution in [0.2, 0.25) is 0 Å². The van der Waals surface area contributed by atoms with Crippen molar-refractivity contribution in [3.63, 3.8) is 0 Å². The largest absolute Gasteiger partial charge is 0.353 e. The molecule has 24 heavy (non-hydrogen) atoms. The Morgan fingerprint density at radius 2 is 1.79 bits per heavy atom. The number of aromatic nitrogens is 1. The van der Waals surface area contributed by atoms with Crippen molar-refractivity contribution in [1.29, 1.82) is 0 Å². The second-order valence-corrected chi connectivity index (χ2v) is 6.43. The molecule has 3 rings (SSSR count). The van der Waals surface area contributed by atoms with E-state index in [4.69, 9.17) is 0 Å². The molecule has 1 aromatic heterocycles. The number of carbonyl (C=O) groups is 1. The highest BCUT2D eigenvalue weighted by Crippen LogP contribution is 2.21. The minimum Gasteiger partial charge on any atom is -0.353 e. The lowest BCUT2D eigenvalue weighted by Crippen LogP contribution is -2.49. The van der Waals surface area contributed by atoms with E-state index < -0.39 is 0 Å². The molecule has 0 unspecified atom stereocenters. The van der Waals surface area contributed by atoms with Crippen LogP contribution in [0.25, 0.3) is 0 Å². The van der Waals surface area contributed by atoms with Gasteiger partial charge in [0.2, 0.25) is 0 Å². The molecule has 2 aromatic rings. The lowest BCUT2D eigenvalue weighted by Gasteiger charge is -2.36. The zero-order valence-corrected chi connectivity index (χ0v) is 14.7. The minimum absolute atomic E-state index is 0.138. The van der Waals surface area contributed by atoms with E-state index in [9.17, 15) is 4.79 Å². The lowest BCUT2D eigenvalue weighted by molar-refractivity contribution is 0.0746. The summed E-state index contributed by atoms with van der Waals surface area (Å²) in [5.74, 6) is 1.19. The third-order valence-corrected chi connectivity index (χ3v) is 4.76. The van der Waals surface area contributed by atoms with Crippen LogP contribution < -0.4 is 4.90 Å². The van der Waals surface area contributed by atoms with Gasteiger partial charge in [0.05, 0.1) is 0 Å². The van der Waals surface area contributed by atoms with Gasteiger partial charge < -0.3 is 9.80 Å². The van der Waals surface area contributed by atoms with Crippen LogP contribution in [0.5, 0.6) is 0 Å². The second-order valence-electron chi connectivity index (χ2n) is 6.43. The highest BCUT2D eigenvalue weighted by Gasteiger charge is 2.24. The summed E-state index contributed by atoms with van der Waals surface area (Å²) in [6.45, 7) is 9.39. The van der Waals surface area contributed by atoms with Gasteiger partial charge in [-0.05, 0) is 43.0 Å². The molecular weight excluding hydrogens is 298 g/mol. The number of benzene rings is 1. The highest BCUT2D eigenvalue weighted by molar-refractivity contribution is 5.95. The van der Waals surface area contributed by atoms with Gasteiger partial charge in [-0.3, -0.25) is 4.79 Å². The number of amides is 1. The maximum atomic E-state index is 12.7. The Balaban J connectivity index is 1.68. The van der Waals surface area contributed by atoms with Gasteiger partial charge in [-0.25, -0.2) is 4.98 Å². The van der Waals surface area contributed by atoms with Gasteiger partial charge in [0.15, 0.2) is 0 Å². The molecule has 0 radical (unpaired) electrons. The van der Waals surface area contributed by atoms with Gasteiger partial charge in [0.1, 0.15) is 5.82 Å².